The van der Waals surface area contributed by atoms with Crippen LogP contribution in [0.1, 0.15) is 104 Å². The van der Waals surface area contributed by atoms with Crippen LogP contribution >= 0.6 is 0 Å². The molecule has 0 aromatic carbocycles. The highest BCUT2D eigenvalue weighted by molar-refractivity contribution is 5.81. The third-order valence-corrected chi connectivity index (χ3v) is 4.10. The molecule has 4 nitrogen and oxygen atoms in total. The molecule has 0 aromatic rings. The van der Waals surface area contributed by atoms with E-state index in [-0.39, 0.29) is 13.0 Å². The van der Waals surface area contributed by atoms with Gasteiger partial charge in [-0.1, -0.05) is 70.4 Å². The zero-order valence-corrected chi connectivity index (χ0v) is 16.4. The van der Waals surface area contributed by atoms with Crippen molar-refractivity contribution in [3.8, 4) is 0 Å². The Morgan fingerprint density at radius 3 is 1.80 bits per heavy atom. The van der Waals surface area contributed by atoms with Gasteiger partial charge in [0.15, 0.2) is 0 Å². The van der Waals surface area contributed by atoms with Crippen molar-refractivity contribution in [2.24, 2.45) is 0 Å². The van der Waals surface area contributed by atoms with Gasteiger partial charge in [-0.2, -0.15) is 0 Å². The highest BCUT2D eigenvalue weighted by Crippen LogP contribution is 2.10. The summed E-state index contributed by atoms with van der Waals surface area (Å²) in [6, 6.07) is 0. The molecule has 0 radical (unpaired) electrons. The van der Waals surface area contributed by atoms with Crippen molar-refractivity contribution in [3.63, 3.8) is 0 Å². The number of hydrogen-bond acceptors (Lipinski definition) is 4. The Morgan fingerprint density at radius 2 is 1.24 bits per heavy atom. The molecule has 25 heavy (non-hydrogen) atoms. The molecule has 0 aliphatic rings. The van der Waals surface area contributed by atoms with E-state index in [1.165, 1.54) is 57.8 Å². The first kappa shape index (κ1) is 23.7. The van der Waals surface area contributed by atoms with E-state index < -0.39 is 12.1 Å². The molecular weight excluding hydrogens is 316 g/mol. The van der Waals surface area contributed by atoms with Crippen molar-refractivity contribution in [1.29, 1.82) is 0 Å². The van der Waals surface area contributed by atoms with Crippen LogP contribution in [-0.4, -0.2) is 18.7 Å². The fourth-order valence-corrected chi connectivity index (χ4v) is 2.63. The zero-order chi connectivity index (χ0) is 18.6. The van der Waals surface area contributed by atoms with E-state index in [9.17, 15) is 9.59 Å². The van der Waals surface area contributed by atoms with E-state index in [0.29, 0.717) is 0 Å². The number of hydrogen-bond donors (Lipinski definition) is 0. The second-order valence-corrected chi connectivity index (χ2v) is 6.49. The summed E-state index contributed by atoms with van der Waals surface area (Å²) >= 11 is 0. The summed E-state index contributed by atoms with van der Waals surface area (Å²) in [6.07, 6.45) is 19.8. The van der Waals surface area contributed by atoms with Gasteiger partial charge in [0.05, 0.1) is 6.61 Å². The molecule has 0 spiro atoms. The zero-order valence-electron chi connectivity index (χ0n) is 16.4. The first-order valence-corrected chi connectivity index (χ1v) is 10.2. The van der Waals surface area contributed by atoms with Crippen LogP contribution in [0.5, 0.6) is 0 Å². The quantitative estimate of drug-likeness (QED) is 0.133. The molecule has 0 aliphatic carbocycles. The van der Waals surface area contributed by atoms with Crippen molar-refractivity contribution in [1.82, 2.24) is 0 Å². The number of unbranched alkanes of at least 4 members (excludes halogenated alkanes) is 11. The Balaban J connectivity index is 3.26. The van der Waals surface area contributed by atoms with Crippen molar-refractivity contribution >= 4 is 12.1 Å². The number of esters is 1. The summed E-state index contributed by atoms with van der Waals surface area (Å²) in [5.74, 6) is -0.490. The minimum atomic E-state index is -0.889. The molecule has 0 atom stereocenters. The van der Waals surface area contributed by atoms with Crippen LogP contribution in [0, 0.1) is 0 Å². The minimum Gasteiger partial charge on any atom is -0.434 e. The van der Waals surface area contributed by atoms with E-state index in [1.54, 1.807) is 6.92 Å². The van der Waals surface area contributed by atoms with Crippen LogP contribution in [0.15, 0.2) is 12.2 Å². The Morgan fingerprint density at radius 1 is 0.720 bits per heavy atom. The molecule has 0 saturated heterocycles. The molecule has 4 heteroatoms. The Hall–Kier alpha value is -1.32. The lowest BCUT2D eigenvalue weighted by Gasteiger charge is -2.03. The number of carbonyl (C=O) groups excluding carboxylic acids is 2. The molecule has 0 amide bonds. The van der Waals surface area contributed by atoms with Gasteiger partial charge in [0.1, 0.15) is 0 Å². The summed E-state index contributed by atoms with van der Waals surface area (Å²) in [7, 11) is 0. The van der Waals surface area contributed by atoms with Crippen LogP contribution in [0.25, 0.3) is 0 Å². The predicted molar refractivity (Wildman–Crippen MR) is 103 cm³/mol. The van der Waals surface area contributed by atoms with E-state index in [4.69, 9.17) is 0 Å². The van der Waals surface area contributed by atoms with Gasteiger partial charge in [-0.25, -0.2) is 4.79 Å². The van der Waals surface area contributed by atoms with Gasteiger partial charge in [-0.15, -0.1) is 0 Å². The smallest absolute Gasteiger partial charge is 0.434 e. The summed E-state index contributed by atoms with van der Waals surface area (Å²) < 4.78 is 9.05. The molecule has 0 fully saturated rings. The van der Waals surface area contributed by atoms with Crippen molar-refractivity contribution in [2.75, 3.05) is 6.61 Å². The van der Waals surface area contributed by atoms with Gasteiger partial charge in [0.2, 0.25) is 0 Å². The van der Waals surface area contributed by atoms with E-state index >= 15 is 0 Å². The van der Waals surface area contributed by atoms with Crippen LogP contribution in [0.2, 0.25) is 0 Å². The third-order valence-electron chi connectivity index (χ3n) is 4.10. The monoisotopic (exact) mass is 354 g/mol. The summed E-state index contributed by atoms with van der Waals surface area (Å²) in [4.78, 5) is 22.3. The number of rotatable bonds is 16. The lowest BCUT2D eigenvalue weighted by Crippen LogP contribution is -2.13. The maximum Gasteiger partial charge on any atom is 0.516 e. The SMILES string of the molecule is CCCCCCCC/C=C\CCCCCCCC(=O)OC(=O)OCC. The third kappa shape index (κ3) is 18.9. The number of ether oxygens (including phenoxy) is 2. The Labute approximate surface area is 154 Å². The van der Waals surface area contributed by atoms with E-state index in [2.05, 4.69) is 28.5 Å². The summed E-state index contributed by atoms with van der Waals surface area (Å²) in [5.41, 5.74) is 0. The molecule has 0 saturated carbocycles. The normalized spacial score (nSPS) is 11.0. The van der Waals surface area contributed by atoms with Gasteiger partial charge < -0.3 is 9.47 Å². The molecule has 0 rings (SSSR count). The second-order valence-electron chi connectivity index (χ2n) is 6.49. The number of carbonyl (C=O) groups is 2. The molecule has 0 aromatic heterocycles. The molecule has 146 valence electrons. The highest BCUT2D eigenvalue weighted by Gasteiger charge is 2.10. The van der Waals surface area contributed by atoms with Gasteiger partial charge >= 0.3 is 12.1 Å². The van der Waals surface area contributed by atoms with Crippen LogP contribution < -0.4 is 0 Å². The predicted octanol–water partition coefficient (Wildman–Crippen LogP) is 6.72. The first-order chi connectivity index (χ1) is 12.2. The van der Waals surface area contributed by atoms with Gasteiger partial charge in [0.25, 0.3) is 0 Å². The van der Waals surface area contributed by atoms with Crippen molar-refractivity contribution < 1.29 is 19.1 Å². The lowest BCUT2D eigenvalue weighted by molar-refractivity contribution is -0.139. The minimum absolute atomic E-state index is 0.222. The highest BCUT2D eigenvalue weighted by atomic mass is 16.7. The molecule has 0 N–H and O–H groups in total. The maximum absolute atomic E-state index is 11.3. The van der Waals surface area contributed by atoms with E-state index in [0.717, 1.165) is 25.7 Å². The number of allylic oxidation sites excluding steroid dienone is 2. The second kappa shape index (κ2) is 19.0. The molecule has 0 unspecified atom stereocenters. The standard InChI is InChI=1S/C21H38O4/c1-3-5-6-7-8-9-10-11-12-13-14-15-16-17-18-19-20(22)25-21(23)24-4-2/h11-12H,3-10,13-19H2,1-2H3/b12-11-. The molecule has 0 bridgehead atoms. The Bertz CT molecular complexity index is 350. The lowest BCUT2D eigenvalue weighted by atomic mass is 10.1. The first-order valence-electron chi connectivity index (χ1n) is 10.2. The largest absolute Gasteiger partial charge is 0.516 e. The van der Waals surface area contributed by atoms with Gasteiger partial charge in [-0.3, -0.25) is 4.79 Å². The van der Waals surface area contributed by atoms with Crippen LogP contribution in [0.3, 0.4) is 0 Å². The van der Waals surface area contributed by atoms with E-state index in [1.807, 2.05) is 0 Å². The average molecular weight is 355 g/mol. The van der Waals surface area contributed by atoms with Gasteiger partial charge in [0, 0.05) is 6.42 Å². The maximum atomic E-state index is 11.3. The fourth-order valence-electron chi connectivity index (χ4n) is 2.63. The Kier molecular flexibility index (Phi) is 18.0. The summed E-state index contributed by atoms with van der Waals surface area (Å²) in [6.45, 7) is 4.15. The molecular formula is C21H38O4. The topological polar surface area (TPSA) is 52.6 Å². The molecule has 0 aliphatic heterocycles. The van der Waals surface area contributed by atoms with Crippen LogP contribution in [-0.2, 0) is 14.3 Å². The fraction of sp³-hybridized carbons (Fsp3) is 0.810. The average Bonchev–Trinajstić information content (AvgIpc) is 2.58. The van der Waals surface area contributed by atoms with Crippen LogP contribution in [0.4, 0.5) is 4.79 Å². The summed E-state index contributed by atoms with van der Waals surface area (Å²) in [5, 5.41) is 0. The van der Waals surface area contributed by atoms with Crippen molar-refractivity contribution in [2.45, 2.75) is 104 Å². The molecule has 0 heterocycles. The van der Waals surface area contributed by atoms with Gasteiger partial charge in [-0.05, 0) is 39.0 Å². The van der Waals surface area contributed by atoms with Crippen molar-refractivity contribution in [3.05, 3.63) is 12.2 Å².